The molecule has 9 nitrogen and oxygen atoms in total. The smallest absolute Gasteiger partial charge is 0.288 e. The Morgan fingerprint density at radius 3 is 2.71 bits per heavy atom. The molecule has 0 saturated carbocycles. The van der Waals surface area contributed by atoms with Gasteiger partial charge in [-0.3, -0.25) is 10.1 Å². The number of aryl methyl sites for hydroxylation is 1. The third kappa shape index (κ3) is 3.20. The number of anilines is 1. The van der Waals surface area contributed by atoms with Gasteiger partial charge in [0.1, 0.15) is 5.02 Å². The molecule has 1 aromatic carbocycles. The Bertz CT molecular complexity index is 728. The number of nitrogen functional groups attached to an aromatic ring is 1. The van der Waals surface area contributed by atoms with Crippen molar-refractivity contribution in [2.45, 2.75) is 6.92 Å². The minimum absolute atomic E-state index is 0.0487. The number of halogens is 2. The van der Waals surface area contributed by atoms with E-state index in [1.807, 2.05) is 0 Å². The average Bonchev–Trinajstić information content (AvgIpc) is 2.72. The van der Waals surface area contributed by atoms with Gasteiger partial charge in [0.25, 0.3) is 11.6 Å². The van der Waals surface area contributed by atoms with Crippen molar-refractivity contribution < 1.29 is 4.92 Å². The van der Waals surface area contributed by atoms with Crippen LogP contribution >= 0.6 is 23.2 Å². The first-order valence-electron chi connectivity index (χ1n) is 5.49. The fourth-order valence-corrected chi connectivity index (χ4v) is 1.90. The highest BCUT2D eigenvalue weighted by atomic mass is 35.5. The van der Waals surface area contributed by atoms with Gasteiger partial charge in [-0.05, 0) is 13.0 Å². The second kappa shape index (κ2) is 5.94. The SMILES string of the molecule is Cc1nnc(NN=Cc2cc([N+](=O)[O-])c(Cl)cc2Cl)n1N. The quantitative estimate of drug-likeness (QED) is 0.382. The fraction of sp³-hybridized carbons (Fsp3) is 0.100. The first kappa shape index (κ1) is 15.0. The Hall–Kier alpha value is -2.39. The second-order valence-electron chi connectivity index (χ2n) is 3.89. The first-order valence-corrected chi connectivity index (χ1v) is 6.25. The molecule has 0 aliphatic carbocycles. The third-order valence-corrected chi connectivity index (χ3v) is 3.13. The van der Waals surface area contributed by atoms with Crippen LogP contribution in [0.1, 0.15) is 11.4 Å². The number of hydrazone groups is 1. The molecule has 0 atom stereocenters. The van der Waals surface area contributed by atoms with Gasteiger partial charge in [0, 0.05) is 11.6 Å². The number of hydrogen-bond donors (Lipinski definition) is 2. The molecule has 1 aromatic heterocycles. The van der Waals surface area contributed by atoms with E-state index < -0.39 is 4.92 Å². The molecule has 2 rings (SSSR count). The summed E-state index contributed by atoms with van der Waals surface area (Å²) < 4.78 is 1.20. The highest BCUT2D eigenvalue weighted by Crippen LogP contribution is 2.29. The molecule has 1 heterocycles. The Labute approximate surface area is 128 Å². The van der Waals surface area contributed by atoms with E-state index in [2.05, 4.69) is 20.7 Å². The van der Waals surface area contributed by atoms with Gasteiger partial charge in [0.2, 0.25) is 0 Å². The minimum Gasteiger partial charge on any atom is -0.335 e. The molecule has 0 saturated heterocycles. The summed E-state index contributed by atoms with van der Waals surface area (Å²) in [5.41, 5.74) is 2.60. The maximum Gasteiger partial charge on any atom is 0.288 e. The normalized spacial score (nSPS) is 11.0. The van der Waals surface area contributed by atoms with E-state index in [0.29, 0.717) is 11.4 Å². The molecular formula is C10H9Cl2N7O2. The monoisotopic (exact) mass is 329 g/mol. The molecule has 0 unspecified atom stereocenters. The highest BCUT2D eigenvalue weighted by Gasteiger charge is 2.15. The fourth-order valence-electron chi connectivity index (χ4n) is 1.40. The van der Waals surface area contributed by atoms with Crippen LogP contribution in [0.15, 0.2) is 17.2 Å². The number of benzene rings is 1. The van der Waals surface area contributed by atoms with Crippen molar-refractivity contribution in [3.8, 4) is 0 Å². The molecule has 3 N–H and O–H groups in total. The molecule has 0 aliphatic rings. The number of aromatic nitrogens is 3. The maximum absolute atomic E-state index is 10.8. The Morgan fingerprint density at radius 1 is 1.43 bits per heavy atom. The largest absolute Gasteiger partial charge is 0.335 e. The topological polar surface area (TPSA) is 124 Å². The number of rotatable bonds is 4. The van der Waals surface area contributed by atoms with Crippen LogP contribution in [-0.2, 0) is 0 Å². The summed E-state index contributed by atoms with van der Waals surface area (Å²) in [5.74, 6) is 6.32. The molecule has 0 aliphatic heterocycles. The number of nitro groups is 1. The standard InChI is InChI=1S/C10H9Cl2N7O2/c1-5-15-17-10(18(5)13)16-14-4-6-2-9(19(20)21)8(12)3-7(6)11/h2-4H,13H2,1H3,(H,16,17). The molecule has 0 amide bonds. The molecule has 11 heteroatoms. The average molecular weight is 330 g/mol. The van der Waals surface area contributed by atoms with E-state index in [0.717, 1.165) is 0 Å². The van der Waals surface area contributed by atoms with Crippen molar-refractivity contribution in [2.75, 3.05) is 11.3 Å². The number of hydrogen-bond acceptors (Lipinski definition) is 7. The van der Waals surface area contributed by atoms with Gasteiger partial charge in [0.15, 0.2) is 5.82 Å². The van der Waals surface area contributed by atoms with Gasteiger partial charge in [-0.25, -0.2) is 10.1 Å². The molecule has 2 aromatic rings. The first-order chi connectivity index (χ1) is 9.90. The summed E-state index contributed by atoms with van der Waals surface area (Å²) in [5, 5.41) is 22.3. The van der Waals surface area contributed by atoms with Crippen molar-refractivity contribution >= 4 is 41.1 Å². The number of nitrogens with one attached hydrogen (secondary N) is 1. The van der Waals surface area contributed by atoms with Crippen LogP contribution in [-0.4, -0.2) is 26.0 Å². The zero-order valence-corrected chi connectivity index (χ0v) is 12.1. The minimum atomic E-state index is -0.608. The summed E-state index contributed by atoms with van der Waals surface area (Å²) in [6.45, 7) is 1.67. The van der Waals surface area contributed by atoms with Crippen molar-refractivity contribution in [3.63, 3.8) is 0 Å². The van der Waals surface area contributed by atoms with Crippen LogP contribution in [0.5, 0.6) is 0 Å². The lowest BCUT2D eigenvalue weighted by Gasteiger charge is -2.02. The summed E-state index contributed by atoms with van der Waals surface area (Å²) in [6, 6.07) is 2.49. The zero-order valence-electron chi connectivity index (χ0n) is 10.6. The Balaban J connectivity index is 2.23. The van der Waals surface area contributed by atoms with Crippen LogP contribution in [0.3, 0.4) is 0 Å². The predicted molar refractivity (Wildman–Crippen MR) is 79.2 cm³/mol. The molecule has 21 heavy (non-hydrogen) atoms. The summed E-state index contributed by atoms with van der Waals surface area (Å²) >= 11 is 11.7. The van der Waals surface area contributed by atoms with E-state index in [1.165, 1.54) is 23.0 Å². The lowest BCUT2D eigenvalue weighted by Crippen LogP contribution is -2.13. The van der Waals surface area contributed by atoms with Crippen molar-refractivity contribution in [3.05, 3.63) is 43.7 Å². The number of nitrogens with zero attached hydrogens (tertiary/aromatic N) is 5. The van der Waals surface area contributed by atoms with Gasteiger partial charge in [-0.2, -0.15) is 5.10 Å². The zero-order chi connectivity index (χ0) is 15.6. The summed E-state index contributed by atoms with van der Waals surface area (Å²) in [4.78, 5) is 10.2. The molecule has 110 valence electrons. The van der Waals surface area contributed by atoms with Crippen LogP contribution in [0, 0.1) is 17.0 Å². The summed E-state index contributed by atoms with van der Waals surface area (Å²) in [7, 11) is 0. The van der Waals surface area contributed by atoms with Crippen molar-refractivity contribution in [1.82, 2.24) is 14.9 Å². The van der Waals surface area contributed by atoms with E-state index in [4.69, 9.17) is 29.0 Å². The number of nitrogens with two attached hydrogens (primary N) is 1. The van der Waals surface area contributed by atoms with Crippen LogP contribution in [0.2, 0.25) is 10.0 Å². The van der Waals surface area contributed by atoms with E-state index in [-0.39, 0.29) is 21.7 Å². The molecule has 0 fully saturated rings. The molecule has 0 spiro atoms. The lowest BCUT2D eigenvalue weighted by molar-refractivity contribution is -0.384. The molecule has 0 radical (unpaired) electrons. The van der Waals surface area contributed by atoms with E-state index in [1.54, 1.807) is 6.92 Å². The highest BCUT2D eigenvalue weighted by molar-refractivity contribution is 6.37. The van der Waals surface area contributed by atoms with Gasteiger partial charge in [-0.1, -0.05) is 23.2 Å². The Kier molecular flexibility index (Phi) is 4.24. The lowest BCUT2D eigenvalue weighted by atomic mass is 10.2. The van der Waals surface area contributed by atoms with E-state index in [9.17, 15) is 10.1 Å². The van der Waals surface area contributed by atoms with Gasteiger partial charge < -0.3 is 5.84 Å². The van der Waals surface area contributed by atoms with Crippen LogP contribution < -0.4 is 11.3 Å². The van der Waals surface area contributed by atoms with E-state index >= 15 is 0 Å². The van der Waals surface area contributed by atoms with Crippen molar-refractivity contribution in [1.29, 1.82) is 0 Å². The van der Waals surface area contributed by atoms with Gasteiger partial charge in [-0.15, -0.1) is 10.2 Å². The van der Waals surface area contributed by atoms with Gasteiger partial charge >= 0.3 is 0 Å². The van der Waals surface area contributed by atoms with Crippen LogP contribution in [0.25, 0.3) is 0 Å². The number of nitro benzene ring substituents is 1. The Morgan fingerprint density at radius 2 is 2.14 bits per heavy atom. The maximum atomic E-state index is 10.8. The van der Waals surface area contributed by atoms with Gasteiger partial charge in [0.05, 0.1) is 16.2 Å². The van der Waals surface area contributed by atoms with Crippen molar-refractivity contribution in [2.24, 2.45) is 5.10 Å². The molecular weight excluding hydrogens is 321 g/mol. The van der Waals surface area contributed by atoms with Crippen LogP contribution in [0.4, 0.5) is 11.6 Å². The summed E-state index contributed by atoms with van der Waals surface area (Å²) in [6.07, 6.45) is 1.29. The molecule has 0 bridgehead atoms. The second-order valence-corrected chi connectivity index (χ2v) is 4.71. The third-order valence-electron chi connectivity index (χ3n) is 2.50. The predicted octanol–water partition coefficient (Wildman–Crippen LogP) is 1.96.